The van der Waals surface area contributed by atoms with E-state index in [1.807, 2.05) is 30.3 Å². The van der Waals surface area contributed by atoms with Gasteiger partial charge in [0, 0.05) is 6.04 Å². The van der Waals surface area contributed by atoms with Crippen LogP contribution in [0.2, 0.25) is 0 Å². The van der Waals surface area contributed by atoms with E-state index in [1.165, 1.54) is 19.2 Å². The summed E-state index contributed by atoms with van der Waals surface area (Å²) in [7, 11) is -2.06. The van der Waals surface area contributed by atoms with Crippen molar-refractivity contribution in [3.05, 3.63) is 72.8 Å². The molecule has 2 aromatic rings. The predicted octanol–water partition coefficient (Wildman–Crippen LogP) is 2.77. The van der Waals surface area contributed by atoms with Gasteiger partial charge in [0.2, 0.25) is 10.0 Å². The molecule has 0 unspecified atom stereocenters. The van der Waals surface area contributed by atoms with Crippen LogP contribution in [-0.2, 0) is 16.4 Å². The molecule has 0 aromatic heterocycles. The van der Waals surface area contributed by atoms with Crippen molar-refractivity contribution in [2.75, 3.05) is 7.11 Å². The minimum Gasteiger partial charge on any atom is -0.497 e. The Hall–Kier alpha value is -2.11. The molecule has 0 fully saturated rings. The Labute approximate surface area is 131 Å². The van der Waals surface area contributed by atoms with Gasteiger partial charge in [0.15, 0.2) is 0 Å². The molecule has 0 aliphatic carbocycles. The molecule has 0 aliphatic rings. The summed E-state index contributed by atoms with van der Waals surface area (Å²) in [6, 6.07) is 15.6. The van der Waals surface area contributed by atoms with Gasteiger partial charge in [0.05, 0.1) is 12.0 Å². The molecule has 1 atom stereocenters. The number of ether oxygens (including phenoxy) is 1. The number of methoxy groups -OCH3 is 1. The van der Waals surface area contributed by atoms with Gasteiger partial charge in [-0.15, -0.1) is 6.58 Å². The number of nitrogens with one attached hydrogen (secondary N) is 1. The first-order valence-electron chi connectivity index (χ1n) is 6.88. The largest absolute Gasteiger partial charge is 0.497 e. The van der Waals surface area contributed by atoms with Crippen molar-refractivity contribution in [2.24, 2.45) is 0 Å². The summed E-state index contributed by atoms with van der Waals surface area (Å²) in [5.74, 6) is 0.614. The zero-order valence-electron chi connectivity index (χ0n) is 12.4. The van der Waals surface area contributed by atoms with Crippen molar-refractivity contribution in [1.82, 2.24) is 4.72 Å². The maximum absolute atomic E-state index is 12.4. The van der Waals surface area contributed by atoms with E-state index in [2.05, 4.69) is 11.3 Å². The zero-order chi connectivity index (χ0) is 16.0. The Bertz CT molecular complexity index is 709. The lowest BCUT2D eigenvalue weighted by Gasteiger charge is -2.15. The van der Waals surface area contributed by atoms with Crippen LogP contribution in [0.15, 0.2) is 72.1 Å². The molecule has 0 amide bonds. The Morgan fingerprint density at radius 3 is 2.32 bits per heavy atom. The highest BCUT2D eigenvalue weighted by atomic mass is 32.2. The van der Waals surface area contributed by atoms with E-state index in [-0.39, 0.29) is 10.9 Å². The van der Waals surface area contributed by atoms with Gasteiger partial charge in [0.1, 0.15) is 5.75 Å². The second kappa shape index (κ2) is 7.24. The highest BCUT2D eigenvalue weighted by Gasteiger charge is 2.18. The Morgan fingerprint density at radius 1 is 1.14 bits per heavy atom. The van der Waals surface area contributed by atoms with Gasteiger partial charge in [0.25, 0.3) is 0 Å². The number of rotatable bonds is 7. The molecule has 4 nitrogen and oxygen atoms in total. The molecule has 5 heteroatoms. The van der Waals surface area contributed by atoms with E-state index in [9.17, 15) is 8.42 Å². The summed E-state index contributed by atoms with van der Waals surface area (Å²) < 4.78 is 32.5. The van der Waals surface area contributed by atoms with Crippen LogP contribution in [-0.4, -0.2) is 21.6 Å². The van der Waals surface area contributed by atoms with Gasteiger partial charge in [-0.1, -0.05) is 36.4 Å². The fraction of sp³-hybridized carbons (Fsp3) is 0.176. The Kier molecular flexibility index (Phi) is 5.35. The molecule has 0 aliphatic heterocycles. The monoisotopic (exact) mass is 317 g/mol. The maximum atomic E-state index is 12.4. The minimum absolute atomic E-state index is 0.202. The minimum atomic E-state index is -3.59. The van der Waals surface area contributed by atoms with E-state index >= 15 is 0 Å². The Balaban J connectivity index is 2.13. The molecule has 0 radical (unpaired) electrons. The van der Waals surface area contributed by atoms with Gasteiger partial charge >= 0.3 is 0 Å². The lowest BCUT2D eigenvalue weighted by molar-refractivity contribution is 0.414. The van der Waals surface area contributed by atoms with E-state index in [0.717, 1.165) is 5.56 Å². The molecule has 0 saturated heterocycles. The number of hydrogen-bond donors (Lipinski definition) is 1. The van der Waals surface area contributed by atoms with Crippen LogP contribution in [0.4, 0.5) is 0 Å². The van der Waals surface area contributed by atoms with Gasteiger partial charge in [-0.25, -0.2) is 13.1 Å². The molecular formula is C17H19NO3S. The molecule has 0 spiro atoms. The zero-order valence-corrected chi connectivity index (χ0v) is 13.2. The van der Waals surface area contributed by atoms with Crippen molar-refractivity contribution < 1.29 is 13.2 Å². The lowest BCUT2D eigenvalue weighted by Crippen LogP contribution is -2.34. The summed E-state index contributed by atoms with van der Waals surface area (Å²) in [5.41, 5.74) is 1.05. The first kappa shape index (κ1) is 16.3. The SMILES string of the molecule is C=C[C@H](Cc1ccccc1)NS(=O)(=O)c1ccc(OC)cc1. The fourth-order valence-electron chi connectivity index (χ4n) is 2.06. The van der Waals surface area contributed by atoms with Crippen LogP contribution < -0.4 is 9.46 Å². The molecule has 22 heavy (non-hydrogen) atoms. The molecule has 2 rings (SSSR count). The lowest BCUT2D eigenvalue weighted by atomic mass is 10.1. The average molecular weight is 317 g/mol. The third kappa shape index (κ3) is 4.19. The number of hydrogen-bond acceptors (Lipinski definition) is 3. The van der Waals surface area contributed by atoms with Crippen molar-refractivity contribution in [3.8, 4) is 5.75 Å². The topological polar surface area (TPSA) is 55.4 Å². The molecule has 116 valence electrons. The van der Waals surface area contributed by atoms with E-state index in [4.69, 9.17) is 4.74 Å². The second-order valence-corrected chi connectivity index (χ2v) is 6.54. The maximum Gasteiger partial charge on any atom is 0.241 e. The number of sulfonamides is 1. The van der Waals surface area contributed by atoms with Crippen molar-refractivity contribution >= 4 is 10.0 Å². The fourth-order valence-corrected chi connectivity index (χ4v) is 3.27. The first-order valence-corrected chi connectivity index (χ1v) is 8.36. The van der Waals surface area contributed by atoms with Crippen molar-refractivity contribution in [3.63, 3.8) is 0 Å². The molecular weight excluding hydrogens is 298 g/mol. The van der Waals surface area contributed by atoms with E-state index < -0.39 is 10.0 Å². The second-order valence-electron chi connectivity index (χ2n) is 4.83. The van der Waals surface area contributed by atoms with E-state index in [0.29, 0.717) is 12.2 Å². The normalized spacial score (nSPS) is 12.6. The van der Waals surface area contributed by atoms with Gasteiger partial charge in [-0.05, 0) is 36.2 Å². The summed E-state index contributed by atoms with van der Waals surface area (Å²) in [6.07, 6.45) is 2.16. The summed E-state index contributed by atoms with van der Waals surface area (Å²) in [4.78, 5) is 0.202. The third-order valence-corrected chi connectivity index (χ3v) is 4.77. The van der Waals surface area contributed by atoms with Gasteiger partial charge in [-0.3, -0.25) is 0 Å². The van der Waals surface area contributed by atoms with Gasteiger partial charge < -0.3 is 4.74 Å². The quantitative estimate of drug-likeness (QED) is 0.799. The van der Waals surface area contributed by atoms with Crippen LogP contribution in [0.5, 0.6) is 5.75 Å². The highest BCUT2D eigenvalue weighted by Crippen LogP contribution is 2.16. The molecule has 2 aromatic carbocycles. The predicted molar refractivity (Wildman–Crippen MR) is 87.4 cm³/mol. The summed E-state index contributed by atoms with van der Waals surface area (Å²) in [5, 5.41) is 0. The molecule has 1 N–H and O–H groups in total. The van der Waals surface area contributed by atoms with Gasteiger partial charge in [-0.2, -0.15) is 0 Å². The third-order valence-electron chi connectivity index (χ3n) is 3.26. The summed E-state index contributed by atoms with van der Waals surface area (Å²) >= 11 is 0. The first-order chi connectivity index (χ1) is 10.5. The van der Waals surface area contributed by atoms with Crippen molar-refractivity contribution in [2.45, 2.75) is 17.4 Å². The molecule has 0 heterocycles. The van der Waals surface area contributed by atoms with Crippen LogP contribution in [0.1, 0.15) is 5.56 Å². The average Bonchev–Trinajstić information content (AvgIpc) is 2.55. The van der Waals surface area contributed by atoms with Crippen LogP contribution in [0.25, 0.3) is 0 Å². The highest BCUT2D eigenvalue weighted by molar-refractivity contribution is 7.89. The van der Waals surface area contributed by atoms with Crippen LogP contribution >= 0.6 is 0 Å². The molecule has 0 bridgehead atoms. The summed E-state index contributed by atoms with van der Waals surface area (Å²) in [6.45, 7) is 3.72. The smallest absolute Gasteiger partial charge is 0.241 e. The van der Waals surface area contributed by atoms with Crippen molar-refractivity contribution in [1.29, 1.82) is 0 Å². The number of benzene rings is 2. The van der Waals surface area contributed by atoms with Crippen LogP contribution in [0, 0.1) is 0 Å². The standard InChI is InChI=1S/C17H19NO3S/c1-3-15(13-14-7-5-4-6-8-14)18-22(19,20)17-11-9-16(21-2)10-12-17/h3-12,15,18H,1,13H2,2H3/t15-/m1/s1. The Morgan fingerprint density at radius 2 is 1.77 bits per heavy atom. The van der Waals surface area contributed by atoms with E-state index in [1.54, 1.807) is 18.2 Å². The van der Waals surface area contributed by atoms with Crippen LogP contribution in [0.3, 0.4) is 0 Å². The molecule has 0 saturated carbocycles.